The van der Waals surface area contributed by atoms with E-state index in [1.54, 1.807) is 24.5 Å². The van der Waals surface area contributed by atoms with Gasteiger partial charge in [0.15, 0.2) is 5.78 Å². The summed E-state index contributed by atoms with van der Waals surface area (Å²) < 4.78 is 27.5. The molecule has 0 unspecified atom stereocenters. The van der Waals surface area contributed by atoms with Gasteiger partial charge >= 0.3 is 0 Å². The van der Waals surface area contributed by atoms with E-state index in [-0.39, 0.29) is 45.5 Å². The highest BCUT2D eigenvalue weighted by atomic mass is 16.7. The van der Waals surface area contributed by atoms with Gasteiger partial charge in [-0.2, -0.15) is 0 Å². The first-order valence-corrected chi connectivity index (χ1v) is 8.68. The molecule has 0 bridgehead atoms. The number of benzene rings is 2. The molecule has 7 nitrogen and oxygen atoms in total. The Hall–Kier alpha value is -3.48. The second kappa shape index (κ2) is 5.76. The standard InChI is InChI=1S/C21H16O7/c1-24-9-6-11-15(13(7-9)25-2)19(23)17-12(18(11)22)8-14-16(20(17)26-3)10-4-5-27-21(10)28-14/h4-8,10,21H,1-3H3/t10-,21+/m0/s1. The van der Waals surface area contributed by atoms with Crippen LogP contribution in [0.2, 0.25) is 0 Å². The monoisotopic (exact) mass is 380 g/mol. The van der Waals surface area contributed by atoms with Gasteiger partial charge in [0.25, 0.3) is 6.29 Å². The highest BCUT2D eigenvalue weighted by molar-refractivity contribution is 6.30. The minimum atomic E-state index is -0.519. The van der Waals surface area contributed by atoms with E-state index in [9.17, 15) is 9.59 Å². The Morgan fingerprint density at radius 3 is 2.39 bits per heavy atom. The molecule has 0 fully saturated rings. The lowest BCUT2D eigenvalue weighted by molar-refractivity contribution is -0.00487. The van der Waals surface area contributed by atoms with Crippen LogP contribution >= 0.6 is 0 Å². The van der Waals surface area contributed by atoms with Crippen LogP contribution in [0.3, 0.4) is 0 Å². The van der Waals surface area contributed by atoms with E-state index in [0.717, 1.165) is 0 Å². The number of hydrogen-bond donors (Lipinski definition) is 0. The van der Waals surface area contributed by atoms with E-state index in [1.165, 1.54) is 21.3 Å². The van der Waals surface area contributed by atoms with Gasteiger partial charge in [0.05, 0.1) is 50.2 Å². The normalized spacial score (nSPS) is 20.5. The van der Waals surface area contributed by atoms with E-state index < -0.39 is 6.29 Å². The van der Waals surface area contributed by atoms with Crippen LogP contribution in [0.15, 0.2) is 30.5 Å². The number of carbonyl (C=O) groups is 2. The molecule has 0 amide bonds. The molecule has 0 radical (unpaired) electrons. The van der Waals surface area contributed by atoms with Crippen LogP contribution in [-0.4, -0.2) is 39.2 Å². The first kappa shape index (κ1) is 16.7. The molecule has 1 aliphatic carbocycles. The van der Waals surface area contributed by atoms with Crippen molar-refractivity contribution in [1.82, 2.24) is 0 Å². The van der Waals surface area contributed by atoms with Gasteiger partial charge in [-0.15, -0.1) is 0 Å². The van der Waals surface area contributed by atoms with Gasteiger partial charge in [-0.3, -0.25) is 9.59 Å². The van der Waals surface area contributed by atoms with Crippen molar-refractivity contribution >= 4 is 11.6 Å². The molecule has 5 rings (SSSR count). The quantitative estimate of drug-likeness (QED) is 0.691. The molecule has 2 heterocycles. The average molecular weight is 380 g/mol. The summed E-state index contributed by atoms with van der Waals surface area (Å²) in [6.07, 6.45) is 2.89. The van der Waals surface area contributed by atoms with Crippen molar-refractivity contribution in [1.29, 1.82) is 0 Å². The molecular formula is C21H16O7. The van der Waals surface area contributed by atoms with Crippen LogP contribution in [-0.2, 0) is 4.74 Å². The maximum atomic E-state index is 13.5. The van der Waals surface area contributed by atoms with Crippen LogP contribution < -0.4 is 18.9 Å². The van der Waals surface area contributed by atoms with Crippen molar-refractivity contribution in [2.24, 2.45) is 0 Å². The zero-order chi connectivity index (χ0) is 19.6. The lowest BCUT2D eigenvalue weighted by Gasteiger charge is -2.23. The zero-order valence-electron chi connectivity index (χ0n) is 15.4. The molecule has 7 heteroatoms. The maximum Gasteiger partial charge on any atom is 0.250 e. The number of ether oxygens (including phenoxy) is 5. The number of methoxy groups -OCH3 is 3. The van der Waals surface area contributed by atoms with Gasteiger partial charge in [0, 0.05) is 17.2 Å². The predicted octanol–water partition coefficient (Wildman–Crippen LogP) is 2.83. The predicted molar refractivity (Wildman–Crippen MR) is 96.8 cm³/mol. The zero-order valence-corrected chi connectivity index (χ0v) is 15.4. The molecule has 2 atom stereocenters. The van der Waals surface area contributed by atoms with Gasteiger partial charge in [-0.1, -0.05) is 0 Å². The fraction of sp³-hybridized carbons (Fsp3) is 0.238. The van der Waals surface area contributed by atoms with Crippen molar-refractivity contribution in [3.8, 4) is 23.0 Å². The van der Waals surface area contributed by atoms with E-state index in [0.29, 0.717) is 22.8 Å². The van der Waals surface area contributed by atoms with Crippen molar-refractivity contribution in [2.75, 3.05) is 21.3 Å². The van der Waals surface area contributed by atoms with Crippen LogP contribution in [0.4, 0.5) is 0 Å². The fourth-order valence-electron chi connectivity index (χ4n) is 4.07. The third-order valence-corrected chi connectivity index (χ3v) is 5.33. The minimum absolute atomic E-state index is 0.197. The first-order chi connectivity index (χ1) is 13.6. The van der Waals surface area contributed by atoms with Crippen molar-refractivity contribution in [2.45, 2.75) is 12.2 Å². The topological polar surface area (TPSA) is 80.3 Å². The molecule has 2 aromatic rings. The van der Waals surface area contributed by atoms with Crippen molar-refractivity contribution in [3.63, 3.8) is 0 Å². The summed E-state index contributed by atoms with van der Waals surface area (Å²) in [5, 5.41) is 0. The van der Waals surface area contributed by atoms with E-state index in [4.69, 9.17) is 23.7 Å². The van der Waals surface area contributed by atoms with Gasteiger partial charge in [0.1, 0.15) is 23.0 Å². The minimum Gasteiger partial charge on any atom is -0.497 e. The second-order valence-corrected chi connectivity index (χ2v) is 6.63. The number of fused-ring (bicyclic) bond motifs is 5. The Morgan fingerprint density at radius 2 is 1.68 bits per heavy atom. The van der Waals surface area contributed by atoms with Gasteiger partial charge in [-0.25, -0.2) is 0 Å². The lowest BCUT2D eigenvalue weighted by atomic mass is 9.80. The number of ketones is 2. The summed E-state index contributed by atoms with van der Waals surface area (Å²) in [6, 6.07) is 4.72. The lowest BCUT2D eigenvalue weighted by Crippen LogP contribution is -2.23. The van der Waals surface area contributed by atoms with Gasteiger partial charge in [0.2, 0.25) is 5.78 Å². The van der Waals surface area contributed by atoms with E-state index in [2.05, 4.69) is 0 Å². The van der Waals surface area contributed by atoms with Crippen LogP contribution in [0.5, 0.6) is 23.0 Å². The largest absolute Gasteiger partial charge is 0.497 e. The van der Waals surface area contributed by atoms with E-state index in [1.807, 2.05) is 6.08 Å². The van der Waals surface area contributed by atoms with Crippen LogP contribution in [0.1, 0.15) is 43.3 Å². The molecule has 142 valence electrons. The van der Waals surface area contributed by atoms with Crippen molar-refractivity contribution < 1.29 is 33.3 Å². The molecule has 0 N–H and O–H groups in total. The van der Waals surface area contributed by atoms with Gasteiger partial charge < -0.3 is 23.7 Å². The first-order valence-electron chi connectivity index (χ1n) is 8.68. The summed E-state index contributed by atoms with van der Waals surface area (Å²) in [6.45, 7) is 0. The van der Waals surface area contributed by atoms with Crippen LogP contribution in [0, 0.1) is 0 Å². The Bertz CT molecular complexity index is 1080. The summed E-state index contributed by atoms with van der Waals surface area (Å²) in [4.78, 5) is 26.7. The Morgan fingerprint density at radius 1 is 0.893 bits per heavy atom. The summed E-state index contributed by atoms with van der Waals surface area (Å²) in [5.74, 6) is 0.663. The number of carbonyl (C=O) groups excluding carboxylic acids is 2. The SMILES string of the molecule is COc1cc(OC)c2c(c1)C(=O)c1cc3c(c(OC)c1C2=O)[C@@H]1C=CO[C@@H]1O3. The highest BCUT2D eigenvalue weighted by Gasteiger charge is 2.45. The molecule has 0 aromatic heterocycles. The average Bonchev–Trinajstić information content (AvgIpc) is 3.30. The Labute approximate surface area is 160 Å². The van der Waals surface area contributed by atoms with E-state index >= 15 is 0 Å². The second-order valence-electron chi connectivity index (χ2n) is 6.63. The summed E-state index contributed by atoms with van der Waals surface area (Å²) in [5.41, 5.74) is 1.58. The molecule has 2 aromatic carbocycles. The number of hydrogen-bond acceptors (Lipinski definition) is 7. The third kappa shape index (κ3) is 1.98. The summed E-state index contributed by atoms with van der Waals surface area (Å²) in [7, 11) is 4.41. The Kier molecular flexibility index (Phi) is 3.43. The summed E-state index contributed by atoms with van der Waals surface area (Å²) >= 11 is 0. The highest BCUT2D eigenvalue weighted by Crippen LogP contribution is 2.52. The van der Waals surface area contributed by atoms with Crippen molar-refractivity contribution in [3.05, 3.63) is 58.4 Å². The fourth-order valence-corrected chi connectivity index (χ4v) is 4.07. The molecule has 0 saturated carbocycles. The smallest absolute Gasteiger partial charge is 0.250 e. The van der Waals surface area contributed by atoms with Crippen LogP contribution in [0.25, 0.3) is 0 Å². The molecule has 3 aliphatic rings. The maximum absolute atomic E-state index is 13.5. The molecule has 0 saturated heterocycles. The van der Waals surface area contributed by atoms with Gasteiger partial charge in [-0.05, 0) is 18.2 Å². The molecular weight excluding hydrogens is 364 g/mol. The molecule has 28 heavy (non-hydrogen) atoms. The molecule has 2 aliphatic heterocycles. The molecule has 0 spiro atoms. The third-order valence-electron chi connectivity index (χ3n) is 5.33. The number of rotatable bonds is 3. The Balaban J connectivity index is 1.79.